The van der Waals surface area contributed by atoms with Crippen molar-refractivity contribution in [1.29, 1.82) is 0 Å². The molecule has 0 spiro atoms. The summed E-state index contributed by atoms with van der Waals surface area (Å²) in [5.74, 6) is 0.162. The average molecular weight is 353 g/mol. The molecule has 0 fully saturated rings. The molecule has 1 atom stereocenters. The number of halogens is 1. The third-order valence-electron chi connectivity index (χ3n) is 3.81. The fraction of sp³-hybridized carbons (Fsp3) is 0.294. The molecule has 0 amide bonds. The normalized spacial score (nSPS) is 13.0. The second-order valence-corrected chi connectivity index (χ2v) is 6.41. The van der Waals surface area contributed by atoms with E-state index >= 15 is 0 Å². The van der Waals surface area contributed by atoms with E-state index in [1.807, 2.05) is 19.9 Å². The van der Waals surface area contributed by atoms with E-state index < -0.39 is 10.5 Å². The Kier molecular flexibility index (Phi) is 5.80. The lowest BCUT2D eigenvalue weighted by Crippen LogP contribution is -2.26. The zero-order chi connectivity index (χ0) is 17.7. The van der Waals surface area contributed by atoms with Crippen molar-refractivity contribution < 1.29 is 21.6 Å². The third-order valence-corrected chi connectivity index (χ3v) is 4.20. The summed E-state index contributed by atoms with van der Waals surface area (Å²) in [5, 5.41) is 9.62. The van der Waals surface area contributed by atoms with E-state index in [0.717, 1.165) is 17.7 Å². The van der Waals surface area contributed by atoms with Crippen molar-refractivity contribution >= 4 is 10.5 Å². The van der Waals surface area contributed by atoms with E-state index in [-0.39, 0.29) is 17.5 Å². The van der Waals surface area contributed by atoms with E-state index in [1.54, 1.807) is 30.3 Å². The summed E-state index contributed by atoms with van der Waals surface area (Å²) in [6, 6.07) is 13.4. The van der Waals surface area contributed by atoms with Crippen LogP contribution in [-0.2, 0) is 17.0 Å². The summed E-state index contributed by atoms with van der Waals surface area (Å²) in [4.78, 5) is 2.19. The van der Waals surface area contributed by atoms with E-state index in [4.69, 9.17) is 0 Å². The Morgan fingerprint density at radius 3 is 2.42 bits per heavy atom. The molecule has 130 valence electrons. The van der Waals surface area contributed by atoms with Gasteiger partial charge in [-0.2, -0.15) is 8.42 Å². The zero-order valence-corrected chi connectivity index (χ0v) is 14.3. The van der Waals surface area contributed by atoms with Crippen molar-refractivity contribution in [2.24, 2.45) is 0 Å². The molecule has 1 unspecified atom stereocenters. The number of phenolic OH excluding ortho intramolecular Hbond substituents is 1. The van der Waals surface area contributed by atoms with E-state index in [1.165, 1.54) is 12.1 Å². The summed E-state index contributed by atoms with van der Waals surface area (Å²) in [6.07, 6.45) is 0. The summed E-state index contributed by atoms with van der Waals surface area (Å²) >= 11 is 0. The Balaban J connectivity index is 2.09. The van der Waals surface area contributed by atoms with Crippen LogP contribution in [0.25, 0.3) is 0 Å². The Morgan fingerprint density at radius 2 is 1.88 bits per heavy atom. The number of aromatic hydroxyl groups is 1. The highest BCUT2D eigenvalue weighted by atomic mass is 32.3. The molecule has 1 N–H and O–H groups in total. The Bertz CT molecular complexity index is 777. The van der Waals surface area contributed by atoms with Crippen molar-refractivity contribution in [3.8, 4) is 11.5 Å². The van der Waals surface area contributed by atoms with Crippen molar-refractivity contribution in [2.75, 3.05) is 6.54 Å². The first-order valence-corrected chi connectivity index (χ1v) is 8.85. The summed E-state index contributed by atoms with van der Waals surface area (Å²) < 4.78 is 37.6. The fourth-order valence-corrected chi connectivity index (χ4v) is 2.86. The third kappa shape index (κ3) is 5.21. The molecule has 0 aromatic heterocycles. The predicted octanol–water partition coefficient (Wildman–Crippen LogP) is 3.57. The quantitative estimate of drug-likeness (QED) is 0.771. The van der Waals surface area contributed by atoms with Gasteiger partial charge in [-0.25, -0.2) is 0 Å². The Hall–Kier alpha value is -2.12. The molecule has 7 heteroatoms. The molecule has 2 aromatic carbocycles. The molecule has 5 nitrogen and oxygen atoms in total. The van der Waals surface area contributed by atoms with E-state index in [9.17, 15) is 17.4 Å². The van der Waals surface area contributed by atoms with E-state index in [2.05, 4.69) is 9.08 Å². The molecule has 0 aliphatic rings. The first-order chi connectivity index (χ1) is 11.3. The Morgan fingerprint density at radius 1 is 1.21 bits per heavy atom. The van der Waals surface area contributed by atoms with Gasteiger partial charge in [-0.05, 0) is 48.9 Å². The van der Waals surface area contributed by atoms with Crippen LogP contribution in [0, 0.1) is 0 Å². The molecule has 2 rings (SSSR count). The highest BCUT2D eigenvalue weighted by Gasteiger charge is 2.15. The number of phenols is 1. The van der Waals surface area contributed by atoms with Crippen LogP contribution >= 0.6 is 0 Å². The van der Waals surface area contributed by atoms with Gasteiger partial charge in [-0.1, -0.05) is 35.1 Å². The molecule has 0 aliphatic carbocycles. The standard InChI is InChI=1S/C17H20FNO4S/c1-3-19(13(2)15-5-4-6-16(20)11-15)12-14-7-9-17(10-8-14)23-24(18,21)22/h4-11,13,20H,3,12H2,1-2H3. The maximum Gasteiger partial charge on any atom is 0.488 e. The van der Waals surface area contributed by atoms with Crippen LogP contribution in [0.2, 0.25) is 0 Å². The SMILES string of the molecule is CCN(Cc1ccc(OS(=O)(=O)F)cc1)C(C)c1cccc(O)c1. The van der Waals surface area contributed by atoms with Crippen LogP contribution in [0.15, 0.2) is 48.5 Å². The highest BCUT2D eigenvalue weighted by molar-refractivity contribution is 7.81. The van der Waals surface area contributed by atoms with Crippen LogP contribution < -0.4 is 4.18 Å². The second-order valence-electron chi connectivity index (χ2n) is 5.45. The van der Waals surface area contributed by atoms with Gasteiger partial charge in [0.2, 0.25) is 0 Å². The van der Waals surface area contributed by atoms with Gasteiger partial charge in [0.05, 0.1) is 0 Å². The van der Waals surface area contributed by atoms with Crippen LogP contribution in [0.3, 0.4) is 0 Å². The minimum absolute atomic E-state index is 0.0645. The number of rotatable bonds is 7. The molecular weight excluding hydrogens is 333 g/mol. The van der Waals surface area contributed by atoms with Gasteiger partial charge < -0.3 is 9.29 Å². The molecule has 0 heterocycles. The monoisotopic (exact) mass is 353 g/mol. The van der Waals surface area contributed by atoms with Gasteiger partial charge in [0, 0.05) is 12.6 Å². The van der Waals surface area contributed by atoms with Crippen molar-refractivity contribution in [3.05, 3.63) is 59.7 Å². The smallest absolute Gasteiger partial charge is 0.488 e. The van der Waals surface area contributed by atoms with Gasteiger partial charge in [0.15, 0.2) is 0 Å². The van der Waals surface area contributed by atoms with Gasteiger partial charge in [0.1, 0.15) is 11.5 Å². The molecule has 0 radical (unpaired) electrons. The predicted molar refractivity (Wildman–Crippen MR) is 89.7 cm³/mol. The number of hydrogen-bond acceptors (Lipinski definition) is 5. The second kappa shape index (κ2) is 7.63. The maximum absolute atomic E-state index is 12.5. The highest BCUT2D eigenvalue weighted by Crippen LogP contribution is 2.25. The molecule has 0 aliphatic heterocycles. The minimum Gasteiger partial charge on any atom is -0.508 e. The topological polar surface area (TPSA) is 66.8 Å². The first kappa shape index (κ1) is 18.2. The van der Waals surface area contributed by atoms with Crippen molar-refractivity contribution in [2.45, 2.75) is 26.4 Å². The lowest BCUT2D eigenvalue weighted by atomic mass is 10.1. The molecule has 2 aromatic rings. The summed E-state index contributed by atoms with van der Waals surface area (Å²) in [6.45, 7) is 5.49. The first-order valence-electron chi connectivity index (χ1n) is 7.54. The molecule has 0 saturated heterocycles. The zero-order valence-electron chi connectivity index (χ0n) is 13.5. The van der Waals surface area contributed by atoms with Gasteiger partial charge >= 0.3 is 10.5 Å². The molecule has 0 saturated carbocycles. The van der Waals surface area contributed by atoms with Crippen LogP contribution in [0.1, 0.15) is 31.0 Å². The largest absolute Gasteiger partial charge is 0.508 e. The van der Waals surface area contributed by atoms with Gasteiger partial charge in [0.25, 0.3) is 0 Å². The minimum atomic E-state index is -5.01. The van der Waals surface area contributed by atoms with E-state index in [0.29, 0.717) is 6.54 Å². The van der Waals surface area contributed by atoms with Gasteiger partial charge in [-0.15, -0.1) is 0 Å². The van der Waals surface area contributed by atoms with Crippen molar-refractivity contribution in [3.63, 3.8) is 0 Å². The lowest BCUT2D eigenvalue weighted by molar-refractivity contribution is 0.212. The molecule has 0 bridgehead atoms. The molecule has 24 heavy (non-hydrogen) atoms. The summed E-state index contributed by atoms with van der Waals surface area (Å²) in [5.41, 5.74) is 1.94. The lowest BCUT2D eigenvalue weighted by Gasteiger charge is -2.28. The van der Waals surface area contributed by atoms with Crippen LogP contribution in [0.5, 0.6) is 11.5 Å². The van der Waals surface area contributed by atoms with Crippen LogP contribution in [0.4, 0.5) is 3.89 Å². The van der Waals surface area contributed by atoms with Gasteiger partial charge in [-0.3, -0.25) is 4.90 Å². The number of hydrogen-bond donors (Lipinski definition) is 1. The number of benzene rings is 2. The summed E-state index contributed by atoms with van der Waals surface area (Å²) in [7, 11) is -5.01. The Labute approximate surface area is 141 Å². The number of nitrogens with zero attached hydrogens (tertiary/aromatic N) is 1. The van der Waals surface area contributed by atoms with Crippen LogP contribution in [-0.4, -0.2) is 25.0 Å². The van der Waals surface area contributed by atoms with Crippen molar-refractivity contribution in [1.82, 2.24) is 4.90 Å². The average Bonchev–Trinajstić information content (AvgIpc) is 2.52. The fourth-order valence-electron chi connectivity index (χ4n) is 2.52. The molecular formula is C17H20FNO4S. The maximum atomic E-state index is 12.5.